The van der Waals surface area contributed by atoms with E-state index in [0.717, 1.165) is 21.9 Å². The second kappa shape index (κ2) is 4.45. The van der Waals surface area contributed by atoms with Crippen molar-refractivity contribution in [2.45, 2.75) is 0 Å². The number of hydrogen-bond donors (Lipinski definition) is 2. The minimum atomic E-state index is -0.282. The number of amides is 1. The van der Waals surface area contributed by atoms with Gasteiger partial charge >= 0.3 is 0 Å². The van der Waals surface area contributed by atoms with Gasteiger partial charge in [-0.15, -0.1) is 0 Å². The van der Waals surface area contributed by atoms with Gasteiger partial charge in [-0.1, -0.05) is 30.3 Å². The van der Waals surface area contributed by atoms with E-state index in [1.807, 2.05) is 48.5 Å². The van der Waals surface area contributed by atoms with Gasteiger partial charge in [-0.3, -0.25) is 15.3 Å². The first kappa shape index (κ1) is 11.7. The number of para-hydroxylation sites is 3. The number of nitrogens with one attached hydrogen (secondary N) is 2. The fourth-order valence-corrected chi connectivity index (χ4v) is 2.35. The molecule has 0 bridgehead atoms. The number of aromatic amines is 1. The van der Waals surface area contributed by atoms with Crippen LogP contribution in [0.4, 0.5) is 0 Å². The molecule has 21 heavy (non-hydrogen) atoms. The predicted octanol–water partition coefficient (Wildman–Crippen LogP) is 2.30. The van der Waals surface area contributed by atoms with Gasteiger partial charge in [0.25, 0.3) is 5.91 Å². The molecule has 0 radical (unpaired) electrons. The average Bonchev–Trinajstić information content (AvgIpc) is 3.12. The summed E-state index contributed by atoms with van der Waals surface area (Å²) >= 11 is 0. The fourth-order valence-electron chi connectivity index (χ4n) is 2.35. The highest BCUT2D eigenvalue weighted by molar-refractivity contribution is 6.08. The van der Waals surface area contributed by atoms with Gasteiger partial charge in [0.15, 0.2) is 5.69 Å². The highest BCUT2D eigenvalue weighted by Crippen LogP contribution is 2.16. The first-order valence-electron chi connectivity index (χ1n) is 6.49. The maximum absolute atomic E-state index is 12.4. The van der Waals surface area contributed by atoms with Crippen LogP contribution in [0, 0.1) is 0 Å². The second-order valence-corrected chi connectivity index (χ2v) is 4.66. The van der Waals surface area contributed by atoms with Crippen LogP contribution < -0.4 is 5.43 Å². The highest BCUT2D eigenvalue weighted by atomic mass is 16.2. The fraction of sp³-hybridized carbons (Fsp3) is 0. The van der Waals surface area contributed by atoms with E-state index >= 15 is 0 Å². The summed E-state index contributed by atoms with van der Waals surface area (Å²) in [5, 5.41) is 7.73. The summed E-state index contributed by atoms with van der Waals surface area (Å²) in [5.41, 5.74) is 5.65. The van der Waals surface area contributed by atoms with Crippen molar-refractivity contribution >= 4 is 27.8 Å². The van der Waals surface area contributed by atoms with Crippen LogP contribution in [0.1, 0.15) is 10.5 Å². The quantitative estimate of drug-likeness (QED) is 0.590. The van der Waals surface area contributed by atoms with Crippen LogP contribution in [-0.2, 0) is 0 Å². The Morgan fingerprint density at radius 3 is 2.86 bits per heavy atom. The number of H-pyrrole nitrogens is 1. The van der Waals surface area contributed by atoms with Gasteiger partial charge < -0.3 is 0 Å². The first-order valence-corrected chi connectivity index (χ1v) is 6.49. The Bertz CT molecular complexity index is 953. The molecular formula is C15H11N5O. The van der Waals surface area contributed by atoms with Crippen LogP contribution in [-0.4, -0.2) is 25.8 Å². The predicted molar refractivity (Wildman–Crippen MR) is 79.5 cm³/mol. The maximum atomic E-state index is 12.4. The van der Waals surface area contributed by atoms with E-state index in [4.69, 9.17) is 0 Å². The summed E-state index contributed by atoms with van der Waals surface area (Å²) in [6.07, 6.45) is 1.58. The lowest BCUT2D eigenvalue weighted by atomic mass is 10.2. The molecule has 0 saturated carbocycles. The summed E-state index contributed by atoms with van der Waals surface area (Å²) in [6, 6.07) is 15.1. The van der Waals surface area contributed by atoms with Crippen LogP contribution in [0.15, 0.2) is 54.9 Å². The zero-order valence-corrected chi connectivity index (χ0v) is 10.9. The molecule has 0 atom stereocenters. The van der Waals surface area contributed by atoms with Crippen LogP contribution in [0.3, 0.4) is 0 Å². The molecule has 6 heteroatoms. The molecule has 4 aromatic rings. The third-order valence-electron chi connectivity index (χ3n) is 3.36. The zero-order valence-electron chi connectivity index (χ0n) is 10.9. The number of fused-ring (bicyclic) bond motifs is 2. The number of imidazole rings is 1. The smallest absolute Gasteiger partial charge is 0.277 e. The van der Waals surface area contributed by atoms with E-state index in [9.17, 15) is 4.79 Å². The van der Waals surface area contributed by atoms with Crippen molar-refractivity contribution < 1.29 is 4.79 Å². The van der Waals surface area contributed by atoms with Gasteiger partial charge in [0.05, 0.1) is 16.6 Å². The van der Waals surface area contributed by atoms with Crippen molar-refractivity contribution in [2.24, 2.45) is 0 Å². The number of rotatable bonds is 2. The number of carbonyl (C=O) groups excluding carboxylic acids is 1. The number of hydrogen-bond acceptors (Lipinski definition) is 3. The Hall–Kier alpha value is -3.15. The number of aromatic nitrogens is 4. The highest BCUT2D eigenvalue weighted by Gasteiger charge is 2.14. The van der Waals surface area contributed by atoms with Crippen molar-refractivity contribution in [3.8, 4) is 0 Å². The Balaban J connectivity index is 1.72. The van der Waals surface area contributed by atoms with Crippen LogP contribution >= 0.6 is 0 Å². The van der Waals surface area contributed by atoms with Crippen LogP contribution in [0.2, 0.25) is 0 Å². The molecule has 2 N–H and O–H groups in total. The molecule has 4 rings (SSSR count). The number of benzene rings is 2. The molecule has 0 fully saturated rings. The van der Waals surface area contributed by atoms with E-state index in [1.165, 1.54) is 0 Å². The second-order valence-electron chi connectivity index (χ2n) is 4.66. The molecule has 0 aliphatic carbocycles. The van der Waals surface area contributed by atoms with Crippen molar-refractivity contribution in [1.82, 2.24) is 19.9 Å². The standard InChI is InChI=1S/C15H11N5O/c21-15(14-10-5-1-2-6-11(10)17-18-14)19-20-9-16-12-7-3-4-8-13(12)20/h1-9H,(H,17,18)(H,19,21). The molecule has 0 saturated heterocycles. The molecule has 0 unspecified atom stereocenters. The van der Waals surface area contributed by atoms with E-state index in [1.54, 1.807) is 11.0 Å². The van der Waals surface area contributed by atoms with Crippen molar-refractivity contribution in [3.63, 3.8) is 0 Å². The van der Waals surface area contributed by atoms with Crippen molar-refractivity contribution in [3.05, 3.63) is 60.6 Å². The third kappa shape index (κ3) is 1.85. The topological polar surface area (TPSA) is 75.6 Å². The molecule has 2 aromatic heterocycles. The first-order chi connectivity index (χ1) is 10.3. The Kier molecular flexibility index (Phi) is 2.47. The molecule has 2 aromatic carbocycles. The number of nitrogens with zero attached hydrogens (tertiary/aromatic N) is 3. The molecule has 1 amide bonds. The third-order valence-corrected chi connectivity index (χ3v) is 3.36. The summed E-state index contributed by atoms with van der Waals surface area (Å²) in [6.45, 7) is 0. The summed E-state index contributed by atoms with van der Waals surface area (Å²) in [7, 11) is 0. The zero-order chi connectivity index (χ0) is 14.2. The van der Waals surface area contributed by atoms with Gasteiger partial charge in [-0.25, -0.2) is 9.66 Å². The average molecular weight is 277 g/mol. The van der Waals surface area contributed by atoms with Gasteiger partial charge in [-0.05, 0) is 18.2 Å². The van der Waals surface area contributed by atoms with E-state index in [-0.39, 0.29) is 5.91 Å². The molecule has 0 aliphatic heterocycles. The van der Waals surface area contributed by atoms with E-state index in [0.29, 0.717) is 5.69 Å². The van der Waals surface area contributed by atoms with Gasteiger partial charge in [0, 0.05) is 5.39 Å². The summed E-state index contributed by atoms with van der Waals surface area (Å²) in [5.74, 6) is -0.282. The lowest BCUT2D eigenvalue weighted by Crippen LogP contribution is -2.22. The van der Waals surface area contributed by atoms with E-state index < -0.39 is 0 Å². The maximum Gasteiger partial charge on any atom is 0.291 e. The Labute approximate surface area is 119 Å². The molecule has 2 heterocycles. The lowest BCUT2D eigenvalue weighted by molar-refractivity contribution is 0.100. The summed E-state index contributed by atoms with van der Waals surface area (Å²) in [4.78, 5) is 16.6. The molecule has 6 nitrogen and oxygen atoms in total. The van der Waals surface area contributed by atoms with Crippen LogP contribution in [0.5, 0.6) is 0 Å². The van der Waals surface area contributed by atoms with Gasteiger partial charge in [0.1, 0.15) is 6.33 Å². The Morgan fingerprint density at radius 2 is 1.90 bits per heavy atom. The minimum absolute atomic E-state index is 0.282. The van der Waals surface area contributed by atoms with Gasteiger partial charge in [-0.2, -0.15) is 5.10 Å². The number of carbonyl (C=O) groups is 1. The largest absolute Gasteiger partial charge is 0.291 e. The normalized spacial score (nSPS) is 11.0. The molecule has 0 aliphatic rings. The van der Waals surface area contributed by atoms with Crippen molar-refractivity contribution in [2.75, 3.05) is 5.43 Å². The summed E-state index contributed by atoms with van der Waals surface area (Å²) < 4.78 is 1.60. The molecular weight excluding hydrogens is 266 g/mol. The van der Waals surface area contributed by atoms with E-state index in [2.05, 4.69) is 20.6 Å². The SMILES string of the molecule is O=C(Nn1cnc2ccccc21)c1n[nH]c2ccccc12. The monoisotopic (exact) mass is 277 g/mol. The van der Waals surface area contributed by atoms with Gasteiger partial charge in [0.2, 0.25) is 0 Å². The molecule has 102 valence electrons. The van der Waals surface area contributed by atoms with Crippen molar-refractivity contribution in [1.29, 1.82) is 0 Å². The Morgan fingerprint density at radius 1 is 1.10 bits per heavy atom. The lowest BCUT2D eigenvalue weighted by Gasteiger charge is -2.05. The minimum Gasteiger partial charge on any atom is -0.277 e. The van der Waals surface area contributed by atoms with Crippen LogP contribution in [0.25, 0.3) is 21.9 Å². The molecule has 0 spiro atoms.